The molecule has 170 valence electrons. The highest BCUT2D eigenvalue weighted by Crippen LogP contribution is 2.29. The molecular weight excluding hydrogens is 472 g/mol. The van der Waals surface area contributed by atoms with Gasteiger partial charge < -0.3 is 9.88 Å². The van der Waals surface area contributed by atoms with Gasteiger partial charge in [0.05, 0.1) is 16.8 Å². The Morgan fingerprint density at radius 1 is 1.00 bits per heavy atom. The number of rotatable bonds is 4. The smallest absolute Gasteiger partial charge is 0.256 e. The van der Waals surface area contributed by atoms with E-state index in [-0.39, 0.29) is 10.8 Å². The summed E-state index contributed by atoms with van der Waals surface area (Å²) in [6, 6.07) is 21.4. The molecule has 0 radical (unpaired) electrons. The summed E-state index contributed by atoms with van der Waals surface area (Å²) in [5.74, 6) is -0.346. The van der Waals surface area contributed by atoms with Crippen molar-refractivity contribution in [3.05, 3.63) is 89.6 Å². The quantitative estimate of drug-likeness (QED) is 0.371. The molecule has 5 aromatic rings. The Hall–Kier alpha value is -3.72. The maximum atomic E-state index is 13.4. The Morgan fingerprint density at radius 2 is 1.74 bits per heavy atom. The van der Waals surface area contributed by atoms with Crippen LogP contribution in [0.4, 0.5) is 5.69 Å². The van der Waals surface area contributed by atoms with Crippen molar-refractivity contribution >= 4 is 55.0 Å². The van der Waals surface area contributed by atoms with Crippen LogP contribution in [0.1, 0.15) is 10.4 Å². The summed E-state index contributed by atoms with van der Waals surface area (Å²) in [6.45, 7) is 0. The Labute approximate surface area is 200 Å². The number of hydrogen-bond acceptors (Lipinski definition) is 4. The number of nitrogens with zero attached hydrogens (tertiary/aromatic N) is 2. The molecule has 0 aliphatic heterocycles. The van der Waals surface area contributed by atoms with Gasteiger partial charge in [-0.3, -0.25) is 4.79 Å². The number of para-hydroxylation sites is 1. The number of hydrogen-bond donors (Lipinski definition) is 2. The zero-order valence-electron chi connectivity index (χ0n) is 18.0. The third-order valence-corrected chi connectivity index (χ3v) is 6.81. The molecule has 0 saturated heterocycles. The second kappa shape index (κ2) is 8.25. The molecule has 7 nitrogen and oxygen atoms in total. The van der Waals surface area contributed by atoms with Gasteiger partial charge >= 0.3 is 0 Å². The molecule has 2 aromatic heterocycles. The van der Waals surface area contributed by atoms with Crippen molar-refractivity contribution in [3.63, 3.8) is 0 Å². The third-order valence-electron chi connectivity index (χ3n) is 5.62. The molecule has 0 atom stereocenters. The van der Waals surface area contributed by atoms with E-state index in [1.807, 2.05) is 36.4 Å². The van der Waals surface area contributed by atoms with Crippen LogP contribution in [0.3, 0.4) is 0 Å². The number of benzene rings is 3. The topological polar surface area (TPSA) is 107 Å². The summed E-state index contributed by atoms with van der Waals surface area (Å²) in [5.41, 5.74) is 3.71. The molecule has 3 N–H and O–H groups in total. The Bertz CT molecular complexity index is 1690. The van der Waals surface area contributed by atoms with E-state index in [0.29, 0.717) is 43.8 Å². The van der Waals surface area contributed by atoms with Crippen LogP contribution in [-0.4, -0.2) is 23.9 Å². The van der Waals surface area contributed by atoms with Gasteiger partial charge in [0.15, 0.2) is 0 Å². The Balaban J connectivity index is 1.58. The third kappa shape index (κ3) is 4.03. The molecule has 0 aliphatic carbocycles. The fourth-order valence-electron chi connectivity index (χ4n) is 3.99. The van der Waals surface area contributed by atoms with Gasteiger partial charge in [-0.25, -0.2) is 18.5 Å². The predicted molar refractivity (Wildman–Crippen MR) is 134 cm³/mol. The minimum atomic E-state index is -3.93. The Morgan fingerprint density at radius 3 is 2.47 bits per heavy atom. The molecular formula is C25H19ClN4O3S. The summed E-state index contributed by atoms with van der Waals surface area (Å²) >= 11 is 6.02. The summed E-state index contributed by atoms with van der Waals surface area (Å²) < 4.78 is 25.7. The lowest BCUT2D eigenvalue weighted by Gasteiger charge is -2.11. The van der Waals surface area contributed by atoms with Crippen LogP contribution in [-0.2, 0) is 17.1 Å². The van der Waals surface area contributed by atoms with E-state index in [9.17, 15) is 13.2 Å². The van der Waals surface area contributed by atoms with Crippen LogP contribution < -0.4 is 10.5 Å². The van der Waals surface area contributed by atoms with Crippen molar-refractivity contribution in [2.45, 2.75) is 4.90 Å². The zero-order valence-corrected chi connectivity index (χ0v) is 19.6. The predicted octanol–water partition coefficient (Wildman–Crippen LogP) is 4.95. The standard InChI is InChI=1S/C25H19ClN4O3S/c1-30-14-24(34(27,32)33)20-12-17(10-11-23(20)30)28-25(31)19-13-22(15-6-8-16(26)9-7-15)29-21-5-3-2-4-18(19)21/h2-14H,1H3,(H,28,31)(H2,27,32,33). The van der Waals surface area contributed by atoms with Crippen molar-refractivity contribution in [3.8, 4) is 11.3 Å². The van der Waals surface area contributed by atoms with E-state index in [4.69, 9.17) is 21.7 Å². The van der Waals surface area contributed by atoms with Crippen molar-refractivity contribution in [1.29, 1.82) is 0 Å². The molecule has 3 aromatic carbocycles. The van der Waals surface area contributed by atoms with Crippen LogP contribution in [0.15, 0.2) is 83.9 Å². The van der Waals surface area contributed by atoms with Crippen LogP contribution >= 0.6 is 11.6 Å². The normalized spacial score (nSPS) is 11.7. The first-order chi connectivity index (χ1) is 16.2. The van der Waals surface area contributed by atoms with Gasteiger partial charge in [-0.05, 0) is 42.5 Å². The maximum Gasteiger partial charge on any atom is 0.256 e. The first-order valence-electron chi connectivity index (χ1n) is 10.3. The number of carbonyl (C=O) groups is 1. The number of amides is 1. The number of carbonyl (C=O) groups excluding carboxylic acids is 1. The van der Waals surface area contributed by atoms with E-state index >= 15 is 0 Å². The number of anilines is 1. The van der Waals surface area contributed by atoms with Gasteiger partial charge in [-0.15, -0.1) is 0 Å². The van der Waals surface area contributed by atoms with Crippen LogP contribution in [0.2, 0.25) is 5.02 Å². The second-order valence-corrected chi connectivity index (χ2v) is 9.88. The molecule has 5 rings (SSSR count). The maximum absolute atomic E-state index is 13.4. The molecule has 34 heavy (non-hydrogen) atoms. The lowest BCUT2D eigenvalue weighted by Crippen LogP contribution is -2.13. The highest BCUT2D eigenvalue weighted by atomic mass is 35.5. The second-order valence-electron chi connectivity index (χ2n) is 7.91. The molecule has 0 fully saturated rings. The molecule has 0 aliphatic rings. The van der Waals surface area contributed by atoms with Crippen LogP contribution in [0, 0.1) is 0 Å². The van der Waals surface area contributed by atoms with Crippen molar-refractivity contribution in [2.75, 3.05) is 5.32 Å². The van der Waals surface area contributed by atoms with Gasteiger partial charge in [-0.1, -0.05) is 41.9 Å². The minimum absolute atomic E-state index is 0.000449. The summed E-state index contributed by atoms with van der Waals surface area (Å²) in [6.07, 6.45) is 1.46. The number of sulfonamides is 1. The SMILES string of the molecule is Cn1cc(S(N)(=O)=O)c2cc(NC(=O)c3cc(-c4ccc(Cl)cc4)nc4ccccc34)ccc21. The number of nitrogens with one attached hydrogen (secondary N) is 1. The molecule has 0 spiro atoms. The lowest BCUT2D eigenvalue weighted by molar-refractivity contribution is 0.102. The van der Waals surface area contributed by atoms with E-state index < -0.39 is 10.0 Å². The van der Waals surface area contributed by atoms with E-state index in [1.165, 1.54) is 6.20 Å². The van der Waals surface area contributed by atoms with Gasteiger partial charge in [0.25, 0.3) is 5.91 Å². The molecule has 1 amide bonds. The number of fused-ring (bicyclic) bond motifs is 2. The first kappa shape index (κ1) is 22.1. The van der Waals surface area contributed by atoms with Crippen molar-refractivity contribution in [2.24, 2.45) is 12.2 Å². The van der Waals surface area contributed by atoms with E-state index in [0.717, 1.165) is 5.56 Å². The van der Waals surface area contributed by atoms with Gasteiger partial charge in [0, 0.05) is 45.8 Å². The average Bonchev–Trinajstić information content (AvgIpc) is 3.15. The highest BCUT2D eigenvalue weighted by molar-refractivity contribution is 7.89. The number of pyridine rings is 1. The number of aryl methyl sites for hydroxylation is 1. The number of halogens is 1. The average molecular weight is 491 g/mol. The summed E-state index contributed by atoms with van der Waals surface area (Å²) in [7, 11) is -2.19. The monoisotopic (exact) mass is 490 g/mol. The van der Waals surface area contributed by atoms with Gasteiger partial charge in [0.2, 0.25) is 10.0 Å². The minimum Gasteiger partial charge on any atom is -0.349 e. The largest absolute Gasteiger partial charge is 0.349 e. The fourth-order valence-corrected chi connectivity index (χ4v) is 4.89. The van der Waals surface area contributed by atoms with Gasteiger partial charge in [-0.2, -0.15) is 0 Å². The molecule has 0 saturated carbocycles. The first-order valence-corrected chi connectivity index (χ1v) is 12.2. The number of primary sulfonamides is 1. The van der Waals surface area contributed by atoms with Crippen LogP contribution in [0.5, 0.6) is 0 Å². The molecule has 0 bridgehead atoms. The molecule has 9 heteroatoms. The van der Waals surface area contributed by atoms with E-state index in [1.54, 1.807) is 48.0 Å². The number of aromatic nitrogens is 2. The molecule has 0 unspecified atom stereocenters. The highest BCUT2D eigenvalue weighted by Gasteiger charge is 2.18. The number of nitrogens with two attached hydrogens (primary N) is 1. The van der Waals surface area contributed by atoms with E-state index in [2.05, 4.69) is 5.32 Å². The van der Waals surface area contributed by atoms with Crippen molar-refractivity contribution in [1.82, 2.24) is 9.55 Å². The summed E-state index contributed by atoms with van der Waals surface area (Å²) in [4.78, 5) is 18.1. The fraction of sp³-hybridized carbons (Fsp3) is 0.0400. The lowest BCUT2D eigenvalue weighted by atomic mass is 10.0. The van der Waals surface area contributed by atoms with Crippen LogP contribution in [0.25, 0.3) is 33.1 Å². The van der Waals surface area contributed by atoms with Crippen molar-refractivity contribution < 1.29 is 13.2 Å². The molecule has 2 heterocycles. The van der Waals surface area contributed by atoms with Gasteiger partial charge in [0.1, 0.15) is 4.90 Å². The Kier molecular flexibility index (Phi) is 5.36. The zero-order chi connectivity index (χ0) is 24.0. The summed E-state index contributed by atoms with van der Waals surface area (Å²) in [5, 5.41) is 10.0.